The normalized spacial score (nSPS) is 11.3. The largest absolute Gasteiger partial charge is 0.438 e. The minimum atomic E-state index is -3.94. The summed E-state index contributed by atoms with van der Waals surface area (Å²) in [5, 5.41) is 7.07. The van der Waals surface area contributed by atoms with Gasteiger partial charge in [0.2, 0.25) is 5.09 Å². The molecule has 2 aromatic rings. The van der Waals surface area contributed by atoms with E-state index in [1.165, 1.54) is 6.07 Å². The highest BCUT2D eigenvalue weighted by Gasteiger charge is 2.17. The molecule has 0 radical (unpaired) electrons. The van der Waals surface area contributed by atoms with E-state index in [0.717, 1.165) is 11.6 Å². The maximum absolute atomic E-state index is 11.9. The Morgan fingerprint density at radius 2 is 1.89 bits per heavy atom. The molecule has 0 aliphatic rings. The van der Waals surface area contributed by atoms with Crippen LogP contribution in [0.1, 0.15) is 16.1 Å². The number of nitrogens with one attached hydrogen (secondary N) is 1. The Bertz CT molecular complexity index is 719. The SMILES string of the molecule is Cc1ccccc1NC(=O)c1ccc(S(N)(=O)=O)o1. The van der Waals surface area contributed by atoms with Crippen molar-refractivity contribution >= 4 is 21.6 Å². The zero-order valence-corrected chi connectivity index (χ0v) is 10.9. The van der Waals surface area contributed by atoms with Crippen molar-refractivity contribution in [3.8, 4) is 0 Å². The number of aryl methyl sites for hydroxylation is 1. The van der Waals surface area contributed by atoms with Gasteiger partial charge in [0.15, 0.2) is 5.76 Å². The summed E-state index contributed by atoms with van der Waals surface area (Å²) >= 11 is 0. The first-order valence-electron chi connectivity index (χ1n) is 5.37. The van der Waals surface area contributed by atoms with Crippen molar-refractivity contribution in [1.82, 2.24) is 0 Å². The number of amides is 1. The molecule has 0 saturated carbocycles. The van der Waals surface area contributed by atoms with Gasteiger partial charge in [0.25, 0.3) is 15.9 Å². The molecule has 1 heterocycles. The summed E-state index contributed by atoms with van der Waals surface area (Å²) in [6.07, 6.45) is 0. The summed E-state index contributed by atoms with van der Waals surface area (Å²) in [6.45, 7) is 1.84. The molecule has 0 unspecified atom stereocenters. The van der Waals surface area contributed by atoms with Crippen LogP contribution in [0, 0.1) is 6.92 Å². The van der Waals surface area contributed by atoms with Gasteiger partial charge in [0, 0.05) is 5.69 Å². The predicted octanol–water partition coefficient (Wildman–Crippen LogP) is 1.49. The average Bonchev–Trinajstić information content (AvgIpc) is 2.81. The van der Waals surface area contributed by atoms with Crippen LogP contribution in [-0.4, -0.2) is 14.3 Å². The number of hydrogen-bond acceptors (Lipinski definition) is 4. The minimum absolute atomic E-state index is 0.118. The molecule has 0 bridgehead atoms. The highest BCUT2D eigenvalue weighted by molar-refractivity contribution is 7.89. The number of para-hydroxylation sites is 1. The lowest BCUT2D eigenvalue weighted by molar-refractivity contribution is 0.0991. The third-order valence-electron chi connectivity index (χ3n) is 2.48. The molecule has 3 N–H and O–H groups in total. The van der Waals surface area contributed by atoms with Gasteiger partial charge in [-0.05, 0) is 30.7 Å². The molecule has 1 aromatic carbocycles. The smallest absolute Gasteiger partial charge is 0.291 e. The molecule has 6 nitrogen and oxygen atoms in total. The van der Waals surface area contributed by atoms with Crippen molar-refractivity contribution in [2.45, 2.75) is 12.0 Å². The zero-order chi connectivity index (χ0) is 14.0. The molecule has 2 rings (SSSR count). The number of rotatable bonds is 3. The quantitative estimate of drug-likeness (QED) is 0.889. The van der Waals surface area contributed by atoms with Gasteiger partial charge in [-0.25, -0.2) is 13.6 Å². The van der Waals surface area contributed by atoms with Crippen LogP contribution in [0.25, 0.3) is 0 Å². The Morgan fingerprint density at radius 1 is 1.21 bits per heavy atom. The molecule has 0 fully saturated rings. The van der Waals surface area contributed by atoms with Crippen molar-refractivity contribution < 1.29 is 17.6 Å². The first-order chi connectivity index (χ1) is 8.88. The van der Waals surface area contributed by atoms with E-state index in [0.29, 0.717) is 5.69 Å². The molecule has 0 saturated heterocycles. The zero-order valence-electron chi connectivity index (χ0n) is 10.1. The summed E-state index contributed by atoms with van der Waals surface area (Å²) < 4.78 is 27.0. The molecule has 100 valence electrons. The van der Waals surface area contributed by atoms with E-state index in [9.17, 15) is 13.2 Å². The number of furan rings is 1. The molecular formula is C12H12N2O4S. The molecule has 1 amide bonds. The maximum atomic E-state index is 11.9. The average molecular weight is 280 g/mol. The standard InChI is InChI=1S/C12H12N2O4S/c1-8-4-2-3-5-9(8)14-12(15)10-6-7-11(18-10)19(13,16)17/h2-7H,1H3,(H,14,15)(H2,13,16,17). The molecule has 0 aliphatic carbocycles. The van der Waals surface area contributed by atoms with Crippen molar-refractivity contribution in [1.29, 1.82) is 0 Å². The molecule has 0 spiro atoms. The maximum Gasteiger partial charge on any atom is 0.291 e. The fraction of sp³-hybridized carbons (Fsp3) is 0.0833. The van der Waals surface area contributed by atoms with E-state index in [2.05, 4.69) is 5.32 Å². The van der Waals surface area contributed by atoms with Crippen molar-refractivity contribution in [2.24, 2.45) is 5.14 Å². The van der Waals surface area contributed by atoms with Gasteiger partial charge in [-0.3, -0.25) is 4.79 Å². The first-order valence-corrected chi connectivity index (χ1v) is 6.92. The lowest BCUT2D eigenvalue weighted by Gasteiger charge is -2.05. The Kier molecular flexibility index (Phi) is 3.41. The second-order valence-corrected chi connectivity index (χ2v) is 5.43. The van der Waals surface area contributed by atoms with Gasteiger partial charge in [0.05, 0.1) is 0 Å². The first kappa shape index (κ1) is 13.3. The van der Waals surface area contributed by atoms with Crippen LogP contribution in [0.5, 0.6) is 0 Å². The van der Waals surface area contributed by atoms with Gasteiger partial charge in [-0.1, -0.05) is 18.2 Å². The molecular weight excluding hydrogens is 268 g/mol. The second-order valence-electron chi connectivity index (χ2n) is 3.93. The number of carbonyl (C=O) groups is 1. The van der Waals surface area contributed by atoms with Gasteiger partial charge < -0.3 is 9.73 Å². The highest BCUT2D eigenvalue weighted by atomic mass is 32.2. The molecule has 19 heavy (non-hydrogen) atoms. The summed E-state index contributed by atoms with van der Waals surface area (Å²) in [5.41, 5.74) is 1.51. The molecule has 1 aromatic heterocycles. The van der Waals surface area contributed by atoms with Gasteiger partial charge in [-0.15, -0.1) is 0 Å². The van der Waals surface area contributed by atoms with E-state index in [-0.39, 0.29) is 5.76 Å². The van der Waals surface area contributed by atoms with E-state index in [1.54, 1.807) is 12.1 Å². The lowest BCUT2D eigenvalue weighted by atomic mass is 10.2. The number of carbonyl (C=O) groups excluding carboxylic acids is 1. The Hall–Kier alpha value is -2.12. The van der Waals surface area contributed by atoms with Crippen LogP contribution in [0.4, 0.5) is 5.69 Å². The van der Waals surface area contributed by atoms with Crippen LogP contribution >= 0.6 is 0 Å². The number of hydrogen-bond donors (Lipinski definition) is 2. The molecule has 7 heteroatoms. The number of benzene rings is 1. The summed E-state index contributed by atoms with van der Waals surface area (Å²) in [4.78, 5) is 11.9. The fourth-order valence-corrected chi connectivity index (χ4v) is 1.96. The van der Waals surface area contributed by atoms with Crippen LogP contribution in [0.3, 0.4) is 0 Å². The topological polar surface area (TPSA) is 102 Å². The molecule has 0 aliphatic heterocycles. The Balaban J connectivity index is 2.22. The van der Waals surface area contributed by atoms with E-state index < -0.39 is 21.0 Å². The Labute approximate surface area is 110 Å². The van der Waals surface area contributed by atoms with Crippen molar-refractivity contribution in [3.63, 3.8) is 0 Å². The van der Waals surface area contributed by atoms with E-state index >= 15 is 0 Å². The fourth-order valence-electron chi connectivity index (χ4n) is 1.49. The van der Waals surface area contributed by atoms with Crippen LogP contribution in [-0.2, 0) is 10.0 Å². The lowest BCUT2D eigenvalue weighted by Crippen LogP contribution is -2.13. The number of nitrogens with two attached hydrogens (primary N) is 1. The Morgan fingerprint density at radius 3 is 2.47 bits per heavy atom. The number of anilines is 1. The van der Waals surface area contributed by atoms with Crippen LogP contribution < -0.4 is 10.5 Å². The highest BCUT2D eigenvalue weighted by Crippen LogP contribution is 2.17. The summed E-state index contributed by atoms with van der Waals surface area (Å²) in [7, 11) is -3.94. The number of sulfonamides is 1. The minimum Gasteiger partial charge on any atom is -0.438 e. The van der Waals surface area contributed by atoms with Crippen LogP contribution in [0.15, 0.2) is 45.9 Å². The third-order valence-corrected chi connectivity index (χ3v) is 3.26. The van der Waals surface area contributed by atoms with Gasteiger partial charge in [0.1, 0.15) is 0 Å². The van der Waals surface area contributed by atoms with E-state index in [4.69, 9.17) is 9.56 Å². The summed E-state index contributed by atoms with van der Waals surface area (Å²) in [6, 6.07) is 9.59. The summed E-state index contributed by atoms with van der Waals surface area (Å²) in [5.74, 6) is -0.656. The monoisotopic (exact) mass is 280 g/mol. The van der Waals surface area contributed by atoms with Crippen LogP contribution in [0.2, 0.25) is 0 Å². The second kappa shape index (κ2) is 4.87. The molecule has 0 atom stereocenters. The van der Waals surface area contributed by atoms with Gasteiger partial charge >= 0.3 is 0 Å². The van der Waals surface area contributed by atoms with Crippen molar-refractivity contribution in [2.75, 3.05) is 5.32 Å². The predicted molar refractivity (Wildman–Crippen MR) is 69.2 cm³/mol. The van der Waals surface area contributed by atoms with Gasteiger partial charge in [-0.2, -0.15) is 0 Å². The third kappa shape index (κ3) is 3.01. The van der Waals surface area contributed by atoms with Crippen molar-refractivity contribution in [3.05, 3.63) is 47.7 Å². The van der Waals surface area contributed by atoms with E-state index in [1.807, 2.05) is 19.1 Å². The number of primary sulfonamides is 1.